The number of nitrogens with zero attached hydrogens (tertiary/aromatic N) is 1. The highest BCUT2D eigenvalue weighted by atomic mass is 16.3. The number of hydrogen-bond acceptors (Lipinski definition) is 2. The molecule has 1 N–H and O–H groups in total. The molecule has 1 atom stereocenters. The van der Waals surface area contributed by atoms with E-state index in [-0.39, 0.29) is 17.7 Å². The normalized spacial score (nSPS) is 21.2. The van der Waals surface area contributed by atoms with Crippen molar-refractivity contribution in [2.24, 2.45) is 0 Å². The molecule has 3 nitrogen and oxygen atoms in total. The lowest BCUT2D eigenvalue weighted by atomic mass is 9.87. The molecule has 2 rings (SSSR count). The van der Waals surface area contributed by atoms with Gasteiger partial charge in [-0.05, 0) is 29.5 Å². The first-order valence-electron chi connectivity index (χ1n) is 6.47. The van der Waals surface area contributed by atoms with E-state index in [2.05, 4.69) is 32.9 Å². The van der Waals surface area contributed by atoms with Crippen LogP contribution in [0.25, 0.3) is 0 Å². The number of hydrogen-bond donors (Lipinski definition) is 1. The van der Waals surface area contributed by atoms with Gasteiger partial charge in [0.2, 0.25) is 5.91 Å². The Labute approximate surface area is 108 Å². The zero-order chi connectivity index (χ0) is 13.3. The van der Waals surface area contributed by atoms with Crippen LogP contribution in [0.4, 0.5) is 5.69 Å². The van der Waals surface area contributed by atoms with Gasteiger partial charge in [0.15, 0.2) is 0 Å². The molecule has 1 aliphatic heterocycles. The summed E-state index contributed by atoms with van der Waals surface area (Å²) in [6.45, 7) is 7.12. The topological polar surface area (TPSA) is 40.5 Å². The molecule has 1 heterocycles. The maximum atomic E-state index is 11.9. The van der Waals surface area contributed by atoms with Crippen molar-refractivity contribution in [3.8, 4) is 0 Å². The number of amides is 1. The molecular weight excluding hydrogens is 226 g/mol. The van der Waals surface area contributed by atoms with E-state index in [0.717, 1.165) is 5.69 Å². The van der Waals surface area contributed by atoms with Gasteiger partial charge in [0.05, 0.1) is 12.5 Å². The molecule has 1 saturated heterocycles. The molecule has 0 saturated carbocycles. The minimum Gasteiger partial charge on any atom is -0.393 e. The number of benzene rings is 1. The second-order valence-corrected chi connectivity index (χ2v) is 5.99. The zero-order valence-electron chi connectivity index (χ0n) is 11.3. The van der Waals surface area contributed by atoms with Gasteiger partial charge in [-0.1, -0.05) is 32.9 Å². The van der Waals surface area contributed by atoms with Crippen LogP contribution in [0.5, 0.6) is 0 Å². The minimum atomic E-state index is -0.470. The summed E-state index contributed by atoms with van der Waals surface area (Å²) in [4.78, 5) is 13.6. The number of piperidine rings is 1. The summed E-state index contributed by atoms with van der Waals surface area (Å²) in [6, 6.07) is 8.15. The number of carbonyl (C=O) groups is 1. The van der Waals surface area contributed by atoms with E-state index in [4.69, 9.17) is 0 Å². The lowest BCUT2D eigenvalue weighted by Crippen LogP contribution is -2.40. The van der Waals surface area contributed by atoms with E-state index >= 15 is 0 Å². The smallest absolute Gasteiger partial charge is 0.229 e. The molecule has 1 amide bonds. The third-order valence-corrected chi connectivity index (χ3v) is 3.44. The van der Waals surface area contributed by atoms with Crippen LogP contribution < -0.4 is 4.90 Å². The third-order valence-electron chi connectivity index (χ3n) is 3.44. The maximum Gasteiger partial charge on any atom is 0.229 e. The van der Waals surface area contributed by atoms with Gasteiger partial charge in [0.1, 0.15) is 0 Å². The van der Waals surface area contributed by atoms with Gasteiger partial charge in [-0.3, -0.25) is 4.79 Å². The minimum absolute atomic E-state index is 0.0114. The van der Waals surface area contributed by atoms with Crippen molar-refractivity contribution < 1.29 is 9.90 Å². The van der Waals surface area contributed by atoms with Crippen LogP contribution in [-0.4, -0.2) is 23.7 Å². The van der Waals surface area contributed by atoms with E-state index in [0.29, 0.717) is 13.0 Å². The Bertz CT molecular complexity index is 431. The van der Waals surface area contributed by atoms with Crippen LogP contribution in [0.2, 0.25) is 0 Å². The van der Waals surface area contributed by atoms with Crippen LogP contribution in [0.3, 0.4) is 0 Å². The van der Waals surface area contributed by atoms with Crippen molar-refractivity contribution in [3.63, 3.8) is 0 Å². The van der Waals surface area contributed by atoms with E-state index in [1.807, 2.05) is 12.1 Å². The molecule has 18 heavy (non-hydrogen) atoms. The Morgan fingerprint density at radius 3 is 2.33 bits per heavy atom. The number of carbonyl (C=O) groups excluding carboxylic acids is 1. The average molecular weight is 247 g/mol. The molecule has 1 aliphatic rings. The summed E-state index contributed by atoms with van der Waals surface area (Å²) in [5.74, 6) is 0.0114. The van der Waals surface area contributed by atoms with Gasteiger partial charge in [-0.15, -0.1) is 0 Å². The number of aliphatic hydroxyl groups is 1. The first-order chi connectivity index (χ1) is 8.38. The quantitative estimate of drug-likeness (QED) is 0.828. The Hall–Kier alpha value is -1.35. The summed E-state index contributed by atoms with van der Waals surface area (Å²) in [5.41, 5.74) is 2.32. The van der Waals surface area contributed by atoms with Crippen molar-refractivity contribution in [2.45, 2.75) is 45.1 Å². The Morgan fingerprint density at radius 1 is 1.22 bits per heavy atom. The molecule has 98 valence electrons. The number of rotatable bonds is 1. The van der Waals surface area contributed by atoms with Crippen LogP contribution in [-0.2, 0) is 10.2 Å². The standard InChI is InChI=1S/C15H21NO2/c1-15(2,3)11-4-6-12(7-5-11)16-9-8-13(17)10-14(16)18/h4-7,13,17H,8-10H2,1-3H3. The molecule has 1 fully saturated rings. The first kappa shape index (κ1) is 13.1. The second-order valence-electron chi connectivity index (χ2n) is 5.99. The molecule has 0 aliphatic carbocycles. The predicted molar refractivity (Wildman–Crippen MR) is 72.7 cm³/mol. The molecule has 0 radical (unpaired) electrons. The Balaban J connectivity index is 2.17. The predicted octanol–water partition coefficient (Wildman–Crippen LogP) is 2.47. The number of anilines is 1. The molecule has 1 unspecified atom stereocenters. The van der Waals surface area contributed by atoms with Crippen molar-refractivity contribution in [2.75, 3.05) is 11.4 Å². The zero-order valence-corrected chi connectivity index (χ0v) is 11.3. The van der Waals surface area contributed by atoms with Gasteiger partial charge < -0.3 is 10.0 Å². The van der Waals surface area contributed by atoms with Crippen molar-refractivity contribution in [3.05, 3.63) is 29.8 Å². The highest BCUT2D eigenvalue weighted by Crippen LogP contribution is 2.26. The Kier molecular flexibility index (Phi) is 3.44. The monoisotopic (exact) mass is 247 g/mol. The summed E-state index contributed by atoms with van der Waals surface area (Å²) >= 11 is 0. The lowest BCUT2D eigenvalue weighted by molar-refractivity contribution is -0.122. The molecule has 0 aromatic heterocycles. The van der Waals surface area contributed by atoms with Crippen molar-refractivity contribution in [1.82, 2.24) is 0 Å². The van der Waals surface area contributed by atoms with Crippen LogP contribution in [0.1, 0.15) is 39.2 Å². The highest BCUT2D eigenvalue weighted by Gasteiger charge is 2.25. The molecule has 0 bridgehead atoms. The molecule has 1 aromatic carbocycles. The molecule has 3 heteroatoms. The largest absolute Gasteiger partial charge is 0.393 e. The fourth-order valence-corrected chi connectivity index (χ4v) is 2.23. The van der Waals surface area contributed by atoms with Crippen molar-refractivity contribution >= 4 is 11.6 Å². The average Bonchev–Trinajstić information content (AvgIpc) is 2.28. The SMILES string of the molecule is CC(C)(C)c1ccc(N2CCC(O)CC2=O)cc1. The third kappa shape index (κ3) is 2.72. The van der Waals surface area contributed by atoms with Crippen LogP contribution in [0.15, 0.2) is 24.3 Å². The summed E-state index contributed by atoms with van der Waals surface area (Å²) in [5, 5.41) is 9.45. The summed E-state index contributed by atoms with van der Waals surface area (Å²) in [7, 11) is 0. The van der Waals surface area contributed by atoms with Crippen LogP contribution >= 0.6 is 0 Å². The van der Waals surface area contributed by atoms with E-state index in [1.165, 1.54) is 5.56 Å². The first-order valence-corrected chi connectivity index (χ1v) is 6.47. The van der Waals surface area contributed by atoms with Gasteiger partial charge >= 0.3 is 0 Å². The number of aliphatic hydroxyl groups excluding tert-OH is 1. The van der Waals surface area contributed by atoms with Crippen molar-refractivity contribution in [1.29, 1.82) is 0 Å². The van der Waals surface area contributed by atoms with Gasteiger partial charge in [0.25, 0.3) is 0 Å². The van der Waals surface area contributed by atoms with Crippen LogP contribution in [0, 0.1) is 0 Å². The lowest BCUT2D eigenvalue weighted by Gasteiger charge is -2.30. The summed E-state index contributed by atoms with van der Waals surface area (Å²) < 4.78 is 0. The highest BCUT2D eigenvalue weighted by molar-refractivity contribution is 5.94. The van der Waals surface area contributed by atoms with Gasteiger partial charge in [-0.2, -0.15) is 0 Å². The van der Waals surface area contributed by atoms with E-state index in [1.54, 1.807) is 4.90 Å². The van der Waals surface area contributed by atoms with Gasteiger partial charge in [0, 0.05) is 12.2 Å². The van der Waals surface area contributed by atoms with E-state index in [9.17, 15) is 9.90 Å². The van der Waals surface area contributed by atoms with E-state index < -0.39 is 6.10 Å². The molecule has 1 aromatic rings. The fraction of sp³-hybridized carbons (Fsp3) is 0.533. The molecular formula is C15H21NO2. The summed E-state index contributed by atoms with van der Waals surface area (Å²) in [6.07, 6.45) is 0.427. The molecule has 0 spiro atoms. The Morgan fingerprint density at radius 2 is 1.83 bits per heavy atom. The second kappa shape index (κ2) is 4.73. The fourth-order valence-electron chi connectivity index (χ4n) is 2.23. The van der Waals surface area contributed by atoms with Gasteiger partial charge in [-0.25, -0.2) is 0 Å². The maximum absolute atomic E-state index is 11.9.